The van der Waals surface area contributed by atoms with Gasteiger partial charge in [-0.1, -0.05) is 27.2 Å². The maximum atomic E-state index is 11.9. The average Bonchev–Trinajstić information content (AvgIpc) is 2.38. The van der Waals surface area contributed by atoms with Crippen LogP contribution in [0.25, 0.3) is 0 Å². The van der Waals surface area contributed by atoms with E-state index in [2.05, 4.69) is 0 Å². The molecule has 0 bridgehead atoms. The monoisotopic (exact) mass is 286 g/mol. The molecular formula is C16H30O4. The molecule has 0 spiro atoms. The average molecular weight is 286 g/mol. The van der Waals surface area contributed by atoms with E-state index in [-0.39, 0.29) is 24.1 Å². The Morgan fingerprint density at radius 3 is 1.85 bits per heavy atom. The van der Waals surface area contributed by atoms with E-state index < -0.39 is 5.41 Å². The smallest absolute Gasteiger partial charge is 0.311 e. The van der Waals surface area contributed by atoms with Gasteiger partial charge in [0.1, 0.15) is 12.2 Å². The Bertz CT molecular complexity index is 304. The summed E-state index contributed by atoms with van der Waals surface area (Å²) >= 11 is 0. The van der Waals surface area contributed by atoms with Crippen LogP contribution in [0.3, 0.4) is 0 Å². The van der Waals surface area contributed by atoms with Crippen molar-refractivity contribution < 1.29 is 19.1 Å². The summed E-state index contributed by atoms with van der Waals surface area (Å²) in [6.45, 7) is 11.3. The first-order chi connectivity index (χ1) is 9.26. The van der Waals surface area contributed by atoms with E-state index in [1.54, 1.807) is 0 Å². The molecule has 0 N–H and O–H groups in total. The van der Waals surface area contributed by atoms with Gasteiger partial charge in [0.2, 0.25) is 0 Å². The molecule has 118 valence electrons. The lowest BCUT2D eigenvalue weighted by atomic mass is 9.97. The summed E-state index contributed by atoms with van der Waals surface area (Å²) in [5.41, 5.74) is -0.544. The van der Waals surface area contributed by atoms with Gasteiger partial charge < -0.3 is 9.47 Å². The van der Waals surface area contributed by atoms with Crippen LogP contribution in [0.4, 0.5) is 0 Å². The summed E-state index contributed by atoms with van der Waals surface area (Å²) in [6, 6.07) is 0. The van der Waals surface area contributed by atoms with E-state index in [0.29, 0.717) is 19.3 Å². The largest absolute Gasteiger partial charge is 0.458 e. The second-order valence-electron chi connectivity index (χ2n) is 6.14. The molecule has 4 heteroatoms. The molecule has 0 aliphatic rings. The van der Waals surface area contributed by atoms with Crippen LogP contribution in [-0.4, -0.2) is 24.1 Å². The minimum absolute atomic E-state index is 0.205. The van der Waals surface area contributed by atoms with Crippen LogP contribution in [0.1, 0.15) is 73.6 Å². The molecule has 2 atom stereocenters. The Morgan fingerprint density at radius 2 is 1.45 bits per heavy atom. The van der Waals surface area contributed by atoms with Gasteiger partial charge in [-0.2, -0.15) is 0 Å². The van der Waals surface area contributed by atoms with Gasteiger partial charge >= 0.3 is 11.9 Å². The summed E-state index contributed by atoms with van der Waals surface area (Å²) < 4.78 is 11.0. The maximum absolute atomic E-state index is 11.9. The summed E-state index contributed by atoms with van der Waals surface area (Å²) in [4.78, 5) is 23.7. The predicted octanol–water partition coefficient (Wildman–Crippen LogP) is 3.87. The number of unbranched alkanes of at least 4 members (excludes halogenated alkanes) is 1. The molecule has 0 radical (unpaired) electrons. The molecule has 0 aromatic carbocycles. The van der Waals surface area contributed by atoms with Crippen molar-refractivity contribution in [3.63, 3.8) is 0 Å². The Kier molecular flexibility index (Phi) is 8.51. The van der Waals surface area contributed by atoms with E-state index in [1.165, 1.54) is 0 Å². The van der Waals surface area contributed by atoms with Gasteiger partial charge in [0, 0.05) is 6.42 Å². The first-order valence-corrected chi connectivity index (χ1v) is 7.66. The molecule has 20 heavy (non-hydrogen) atoms. The second kappa shape index (κ2) is 8.98. The summed E-state index contributed by atoms with van der Waals surface area (Å²) in [5, 5.41) is 0. The lowest BCUT2D eigenvalue weighted by Crippen LogP contribution is -2.37. The van der Waals surface area contributed by atoms with Crippen molar-refractivity contribution in [1.82, 2.24) is 0 Å². The zero-order valence-electron chi connectivity index (χ0n) is 13.8. The van der Waals surface area contributed by atoms with Crippen LogP contribution in [0.5, 0.6) is 0 Å². The van der Waals surface area contributed by atoms with E-state index in [9.17, 15) is 9.59 Å². The van der Waals surface area contributed by atoms with Gasteiger partial charge in [-0.25, -0.2) is 0 Å². The van der Waals surface area contributed by atoms with E-state index in [0.717, 1.165) is 12.8 Å². The molecular weight excluding hydrogens is 256 g/mol. The van der Waals surface area contributed by atoms with Crippen molar-refractivity contribution in [2.75, 3.05) is 0 Å². The van der Waals surface area contributed by atoms with Gasteiger partial charge in [-0.15, -0.1) is 0 Å². The van der Waals surface area contributed by atoms with Crippen molar-refractivity contribution in [3.05, 3.63) is 0 Å². The quantitative estimate of drug-likeness (QED) is 0.636. The van der Waals surface area contributed by atoms with Crippen molar-refractivity contribution in [2.24, 2.45) is 5.41 Å². The predicted molar refractivity (Wildman–Crippen MR) is 79.3 cm³/mol. The Balaban J connectivity index is 4.57. The molecule has 0 rings (SSSR count). The third kappa shape index (κ3) is 6.92. The molecule has 0 aliphatic carbocycles. The fraction of sp³-hybridized carbons (Fsp3) is 0.875. The summed E-state index contributed by atoms with van der Waals surface area (Å²) in [7, 11) is 0. The highest BCUT2D eigenvalue weighted by atomic mass is 16.6. The van der Waals surface area contributed by atoms with Gasteiger partial charge in [0.15, 0.2) is 0 Å². The third-order valence-electron chi connectivity index (χ3n) is 3.11. The number of esters is 2. The highest BCUT2D eigenvalue weighted by molar-refractivity contribution is 5.75. The van der Waals surface area contributed by atoms with E-state index in [4.69, 9.17) is 9.47 Å². The number of carbonyl (C=O) groups is 2. The molecule has 0 aliphatic heterocycles. The normalized spacial score (nSPS) is 14.5. The first kappa shape index (κ1) is 18.9. The van der Waals surface area contributed by atoms with Crippen molar-refractivity contribution in [1.29, 1.82) is 0 Å². The molecule has 0 saturated carbocycles. The molecule has 0 fully saturated rings. The van der Waals surface area contributed by atoms with Crippen LogP contribution in [0, 0.1) is 5.41 Å². The number of rotatable bonds is 8. The Labute approximate surface area is 123 Å². The third-order valence-corrected chi connectivity index (χ3v) is 3.11. The summed E-state index contributed by atoms with van der Waals surface area (Å²) in [5.74, 6) is -0.462. The number of ether oxygens (including phenoxy) is 2. The zero-order valence-corrected chi connectivity index (χ0v) is 13.8. The second-order valence-corrected chi connectivity index (χ2v) is 6.14. The maximum Gasteiger partial charge on any atom is 0.311 e. The molecule has 2 unspecified atom stereocenters. The standard InChI is InChI=1S/C16H30O4/c1-7-10-11-14(17)19-12(8-2)13(9-3)20-15(18)16(4,5)6/h12-13H,7-11H2,1-6H3. The lowest BCUT2D eigenvalue weighted by molar-refractivity contribution is -0.174. The van der Waals surface area contributed by atoms with Crippen molar-refractivity contribution in [3.8, 4) is 0 Å². The van der Waals surface area contributed by atoms with Gasteiger partial charge in [0.25, 0.3) is 0 Å². The SMILES string of the molecule is CCCCC(=O)OC(CC)C(CC)OC(=O)C(C)(C)C. The number of hydrogen-bond acceptors (Lipinski definition) is 4. The zero-order chi connectivity index (χ0) is 15.8. The molecule has 0 amide bonds. The molecule has 0 heterocycles. The van der Waals surface area contributed by atoms with Crippen LogP contribution >= 0.6 is 0 Å². The highest BCUT2D eigenvalue weighted by Crippen LogP contribution is 2.21. The first-order valence-electron chi connectivity index (χ1n) is 7.66. The minimum Gasteiger partial charge on any atom is -0.458 e. The summed E-state index contributed by atoms with van der Waals surface area (Å²) in [6.07, 6.45) is 2.79. The molecule has 0 saturated heterocycles. The molecule has 0 aromatic heterocycles. The van der Waals surface area contributed by atoms with Gasteiger partial charge in [-0.3, -0.25) is 9.59 Å². The van der Waals surface area contributed by atoms with Gasteiger partial charge in [0.05, 0.1) is 5.41 Å². The van der Waals surface area contributed by atoms with Crippen LogP contribution in [0.2, 0.25) is 0 Å². The van der Waals surface area contributed by atoms with Crippen LogP contribution in [0.15, 0.2) is 0 Å². The fourth-order valence-electron chi connectivity index (χ4n) is 1.71. The van der Waals surface area contributed by atoms with Crippen LogP contribution in [-0.2, 0) is 19.1 Å². The van der Waals surface area contributed by atoms with E-state index in [1.807, 2.05) is 41.5 Å². The number of hydrogen-bond donors (Lipinski definition) is 0. The van der Waals surface area contributed by atoms with Crippen LogP contribution < -0.4 is 0 Å². The number of carbonyl (C=O) groups excluding carboxylic acids is 2. The van der Waals surface area contributed by atoms with Crippen molar-refractivity contribution in [2.45, 2.75) is 85.9 Å². The molecule has 4 nitrogen and oxygen atoms in total. The highest BCUT2D eigenvalue weighted by Gasteiger charge is 2.30. The van der Waals surface area contributed by atoms with Crippen molar-refractivity contribution >= 4 is 11.9 Å². The minimum atomic E-state index is -0.544. The Hall–Kier alpha value is -1.06. The molecule has 0 aromatic rings. The van der Waals surface area contributed by atoms with Gasteiger partial charge in [-0.05, 0) is 40.0 Å². The lowest BCUT2D eigenvalue weighted by Gasteiger charge is -2.28. The fourth-order valence-corrected chi connectivity index (χ4v) is 1.71. The topological polar surface area (TPSA) is 52.6 Å². The Morgan fingerprint density at radius 1 is 0.950 bits per heavy atom. The van der Waals surface area contributed by atoms with E-state index >= 15 is 0 Å².